The maximum absolute atomic E-state index is 13.1. The van der Waals surface area contributed by atoms with Crippen LogP contribution in [-0.4, -0.2) is 22.5 Å². The molecule has 0 saturated heterocycles. The number of thiocarbonyl (C=S) groups is 1. The third kappa shape index (κ3) is 3.51. The van der Waals surface area contributed by atoms with E-state index < -0.39 is 11.8 Å². The Morgan fingerprint density at radius 2 is 1.85 bits per heavy atom. The van der Waals surface area contributed by atoms with Gasteiger partial charge in [-0.25, -0.2) is 4.99 Å². The first-order chi connectivity index (χ1) is 12.5. The minimum atomic E-state index is -0.630. The van der Waals surface area contributed by atoms with Gasteiger partial charge in [0.05, 0.1) is 11.5 Å². The van der Waals surface area contributed by atoms with E-state index in [1.165, 1.54) is 0 Å². The second kappa shape index (κ2) is 7.75. The molecule has 1 unspecified atom stereocenters. The third-order valence-corrected chi connectivity index (χ3v) is 4.96. The molecule has 6 heteroatoms. The zero-order valence-electron chi connectivity index (χ0n) is 14.0. The Hall–Kier alpha value is -2.59. The fourth-order valence-corrected chi connectivity index (χ4v) is 3.68. The zero-order valence-corrected chi connectivity index (χ0v) is 15.6. The monoisotopic (exact) mass is 381 g/mol. The molecular weight excluding hydrogens is 366 g/mol. The summed E-state index contributed by atoms with van der Waals surface area (Å²) in [6, 6.07) is 16.5. The fourth-order valence-electron chi connectivity index (χ4n) is 3.11. The van der Waals surface area contributed by atoms with Crippen molar-refractivity contribution in [2.45, 2.75) is 12.8 Å². The van der Waals surface area contributed by atoms with E-state index in [9.17, 15) is 4.79 Å². The van der Waals surface area contributed by atoms with E-state index in [-0.39, 0.29) is 10.9 Å². The second-order valence-corrected chi connectivity index (χ2v) is 6.72. The molecule has 2 aromatic rings. The summed E-state index contributed by atoms with van der Waals surface area (Å²) >= 11 is 11.7. The standard InChI is InChI=1S/C20H16ClN3OS/c1-12-17(19(25)24-13-7-3-2-4-8-13)18(15(11-22)20(26)23-12)14-9-5-6-10-16(14)21/h2-10,17-18,22H,1H3,(H,24,25)/t17?,18-/m1/s1. The van der Waals surface area contributed by atoms with Crippen molar-refractivity contribution in [2.75, 3.05) is 5.32 Å². The van der Waals surface area contributed by atoms with Gasteiger partial charge in [-0.3, -0.25) is 10.2 Å². The van der Waals surface area contributed by atoms with Crippen LogP contribution < -0.4 is 5.32 Å². The third-order valence-electron chi connectivity index (χ3n) is 4.30. The number of aliphatic imine (C=N–C) groups is 1. The van der Waals surface area contributed by atoms with Crippen LogP contribution in [0.2, 0.25) is 5.02 Å². The number of para-hydroxylation sites is 1. The molecule has 3 rings (SSSR count). The van der Waals surface area contributed by atoms with Crippen molar-refractivity contribution in [3.63, 3.8) is 0 Å². The summed E-state index contributed by atoms with van der Waals surface area (Å²) in [6.07, 6.45) is 0. The minimum Gasteiger partial charge on any atom is -0.325 e. The molecule has 2 N–H and O–H groups in total. The van der Waals surface area contributed by atoms with Gasteiger partial charge in [0.1, 0.15) is 4.99 Å². The normalized spacial score (nSPS) is 19.5. The Bertz CT molecular complexity index is 949. The van der Waals surface area contributed by atoms with Crippen molar-refractivity contribution in [3.05, 3.63) is 70.8 Å². The highest BCUT2D eigenvalue weighted by atomic mass is 35.5. The summed E-state index contributed by atoms with van der Waals surface area (Å²) in [5.41, 5.74) is 2.41. The van der Waals surface area contributed by atoms with Crippen LogP contribution in [0.5, 0.6) is 0 Å². The highest BCUT2D eigenvalue weighted by molar-refractivity contribution is 7.80. The molecule has 0 bridgehead atoms. The number of hydrogen-bond acceptors (Lipinski definition) is 3. The molecule has 1 amide bonds. The average Bonchev–Trinajstić information content (AvgIpc) is 2.62. The number of rotatable bonds is 3. The van der Waals surface area contributed by atoms with Gasteiger partial charge >= 0.3 is 0 Å². The van der Waals surface area contributed by atoms with E-state index >= 15 is 0 Å². The van der Waals surface area contributed by atoms with E-state index in [2.05, 4.69) is 16.2 Å². The topological polar surface area (TPSA) is 65.3 Å². The Morgan fingerprint density at radius 3 is 2.50 bits per heavy atom. The Kier molecular flexibility index (Phi) is 5.43. The van der Waals surface area contributed by atoms with Crippen molar-refractivity contribution in [3.8, 4) is 0 Å². The smallest absolute Gasteiger partial charge is 0.234 e. The van der Waals surface area contributed by atoms with Gasteiger partial charge in [-0.1, -0.05) is 60.2 Å². The Morgan fingerprint density at radius 1 is 1.19 bits per heavy atom. The number of hydrogen-bond donors (Lipinski definition) is 2. The maximum atomic E-state index is 13.1. The van der Waals surface area contributed by atoms with Gasteiger partial charge in [0.15, 0.2) is 0 Å². The molecule has 4 nitrogen and oxygen atoms in total. The molecule has 0 radical (unpaired) electrons. The van der Waals surface area contributed by atoms with E-state index in [1.807, 2.05) is 48.5 Å². The number of carbonyl (C=O) groups is 1. The van der Waals surface area contributed by atoms with Crippen molar-refractivity contribution in [1.29, 1.82) is 5.41 Å². The minimum absolute atomic E-state index is 0.224. The molecule has 26 heavy (non-hydrogen) atoms. The first kappa shape index (κ1) is 18.2. The average molecular weight is 382 g/mol. The molecular formula is C20H16ClN3OS. The van der Waals surface area contributed by atoms with Crippen LogP contribution in [0, 0.1) is 11.3 Å². The molecule has 0 saturated carbocycles. The predicted octanol–water partition coefficient (Wildman–Crippen LogP) is 4.66. The van der Waals surface area contributed by atoms with Gasteiger partial charge in [0.2, 0.25) is 5.91 Å². The van der Waals surface area contributed by atoms with Gasteiger partial charge in [-0.15, -0.1) is 0 Å². The second-order valence-electron chi connectivity index (χ2n) is 5.93. The van der Waals surface area contributed by atoms with Crippen LogP contribution in [0.25, 0.3) is 0 Å². The summed E-state index contributed by atoms with van der Waals surface area (Å²) in [7, 11) is 0. The van der Waals surface area contributed by atoms with E-state index in [1.54, 1.807) is 13.0 Å². The maximum Gasteiger partial charge on any atom is 0.234 e. The molecule has 2 aromatic carbocycles. The van der Waals surface area contributed by atoms with Crippen LogP contribution in [0.15, 0.2) is 65.2 Å². The summed E-state index contributed by atoms with van der Waals surface area (Å²) in [4.78, 5) is 17.6. The summed E-state index contributed by atoms with van der Waals surface area (Å²) in [6.45, 7) is 1.77. The summed E-state index contributed by atoms with van der Waals surface area (Å²) in [5, 5.41) is 11.1. The molecule has 0 aromatic heterocycles. The predicted molar refractivity (Wildman–Crippen MR) is 110 cm³/mol. The van der Waals surface area contributed by atoms with Crippen LogP contribution in [0.4, 0.5) is 5.69 Å². The molecule has 1 aliphatic heterocycles. The van der Waals surface area contributed by atoms with Gasteiger partial charge in [0, 0.05) is 22.3 Å². The number of nitrogens with one attached hydrogen (secondary N) is 2. The van der Waals surface area contributed by atoms with Crippen LogP contribution >= 0.6 is 23.8 Å². The van der Waals surface area contributed by atoms with Crippen molar-refractivity contribution in [1.82, 2.24) is 0 Å². The number of amides is 1. The van der Waals surface area contributed by atoms with Gasteiger partial charge in [0.25, 0.3) is 0 Å². The highest BCUT2D eigenvalue weighted by Gasteiger charge is 2.40. The molecule has 0 aliphatic carbocycles. The fraction of sp³-hybridized carbons (Fsp3) is 0.150. The molecule has 1 heterocycles. The van der Waals surface area contributed by atoms with E-state index in [4.69, 9.17) is 29.2 Å². The lowest BCUT2D eigenvalue weighted by Crippen LogP contribution is -2.39. The Balaban J connectivity index is 2.08. The lowest BCUT2D eigenvalue weighted by Gasteiger charge is -2.31. The highest BCUT2D eigenvalue weighted by Crippen LogP contribution is 2.40. The number of halogens is 1. The number of nitrogens with zero attached hydrogens (tertiary/aromatic N) is 1. The number of carbonyl (C=O) groups excluding carboxylic acids is 1. The number of benzene rings is 2. The lowest BCUT2D eigenvalue weighted by molar-refractivity contribution is -0.118. The van der Waals surface area contributed by atoms with Gasteiger partial charge in [-0.2, -0.15) is 0 Å². The van der Waals surface area contributed by atoms with Gasteiger partial charge in [-0.05, 0) is 36.6 Å². The molecule has 2 atom stereocenters. The summed E-state index contributed by atoms with van der Waals surface area (Å²) in [5.74, 6) is 1.02. The van der Waals surface area contributed by atoms with Crippen molar-refractivity contribution >= 4 is 52.0 Å². The SMILES string of the molecule is CC1=NC(=S)C(=C=N)[C@@H](c2ccccc2Cl)C1C(=O)Nc1ccccc1. The molecule has 130 valence electrons. The molecule has 0 fully saturated rings. The largest absolute Gasteiger partial charge is 0.325 e. The van der Waals surface area contributed by atoms with Crippen LogP contribution in [-0.2, 0) is 4.79 Å². The molecule has 0 spiro atoms. The first-order valence-electron chi connectivity index (χ1n) is 8.02. The molecule has 1 aliphatic rings. The van der Waals surface area contributed by atoms with Crippen molar-refractivity contribution in [2.24, 2.45) is 10.9 Å². The van der Waals surface area contributed by atoms with E-state index in [0.29, 0.717) is 22.0 Å². The van der Waals surface area contributed by atoms with Gasteiger partial charge < -0.3 is 5.32 Å². The Labute approximate surface area is 162 Å². The van der Waals surface area contributed by atoms with Crippen LogP contribution in [0.1, 0.15) is 18.4 Å². The number of anilines is 1. The quantitative estimate of drug-likeness (QED) is 0.461. The summed E-state index contributed by atoms with van der Waals surface area (Å²) < 4.78 is 0. The zero-order chi connectivity index (χ0) is 18.7. The van der Waals surface area contributed by atoms with Crippen molar-refractivity contribution < 1.29 is 4.79 Å². The van der Waals surface area contributed by atoms with E-state index in [0.717, 1.165) is 5.56 Å². The first-order valence-corrected chi connectivity index (χ1v) is 8.81. The van der Waals surface area contributed by atoms with Crippen LogP contribution in [0.3, 0.4) is 0 Å². The lowest BCUT2D eigenvalue weighted by atomic mass is 9.76.